The molecule has 0 bridgehead atoms. The average Bonchev–Trinajstić information content (AvgIpc) is 3.13. The fraction of sp³-hybridized carbons (Fsp3) is 0.304. The van der Waals surface area contributed by atoms with Gasteiger partial charge in [0.05, 0.1) is 11.9 Å². The second-order valence-corrected chi connectivity index (χ2v) is 8.20. The summed E-state index contributed by atoms with van der Waals surface area (Å²) in [4.78, 5) is 21.9. The zero-order chi connectivity index (χ0) is 20.1. The summed E-state index contributed by atoms with van der Waals surface area (Å²) in [7, 11) is 0. The Hall–Kier alpha value is -2.70. The number of carbonyl (C=O) groups is 1. The van der Waals surface area contributed by atoms with E-state index in [9.17, 15) is 4.79 Å². The Bertz CT molecular complexity index is 940. The van der Waals surface area contributed by atoms with Crippen LogP contribution in [-0.4, -0.2) is 42.0 Å². The number of carbonyl (C=O) groups excluding carboxylic acids is 1. The predicted molar refractivity (Wildman–Crippen MR) is 120 cm³/mol. The van der Waals surface area contributed by atoms with Gasteiger partial charge in [-0.2, -0.15) is 11.3 Å². The molecule has 3 aromatic rings. The molecule has 1 aromatic carbocycles. The minimum atomic E-state index is -0.100. The molecule has 29 heavy (non-hydrogen) atoms. The van der Waals surface area contributed by atoms with Crippen LogP contribution in [0.4, 0.5) is 11.5 Å². The number of hydrogen-bond donors (Lipinski definition) is 1. The maximum atomic E-state index is 12.5. The van der Waals surface area contributed by atoms with Gasteiger partial charge in [0.15, 0.2) is 0 Å². The van der Waals surface area contributed by atoms with Gasteiger partial charge in [0.2, 0.25) is 0 Å². The standard InChI is InChI=1S/C23H26N4OS/c1-18-5-2-3-6-21(18)23(28)25-20-7-8-22(24-15-20)27-11-4-10-26(12-13-27)16-19-9-14-29-17-19/h2-3,5-9,14-15,17H,4,10-13,16H2,1H3,(H,25,28). The molecule has 5 nitrogen and oxygen atoms in total. The van der Waals surface area contributed by atoms with Crippen molar-refractivity contribution < 1.29 is 4.79 Å². The third-order valence-corrected chi connectivity index (χ3v) is 6.03. The topological polar surface area (TPSA) is 48.5 Å². The molecule has 0 saturated carbocycles. The van der Waals surface area contributed by atoms with Gasteiger partial charge < -0.3 is 10.2 Å². The minimum absolute atomic E-state index is 0.100. The molecule has 2 aromatic heterocycles. The number of amides is 1. The first-order chi connectivity index (χ1) is 14.2. The smallest absolute Gasteiger partial charge is 0.255 e. The number of benzene rings is 1. The minimum Gasteiger partial charge on any atom is -0.355 e. The van der Waals surface area contributed by atoms with Gasteiger partial charge in [-0.25, -0.2) is 4.98 Å². The second kappa shape index (κ2) is 9.20. The quantitative estimate of drug-likeness (QED) is 0.682. The molecule has 0 aliphatic carbocycles. The van der Waals surface area contributed by atoms with Crippen molar-refractivity contribution in [3.63, 3.8) is 0 Å². The van der Waals surface area contributed by atoms with E-state index in [0.29, 0.717) is 5.56 Å². The first kappa shape index (κ1) is 19.6. The number of pyridine rings is 1. The highest BCUT2D eigenvalue weighted by Gasteiger charge is 2.16. The summed E-state index contributed by atoms with van der Waals surface area (Å²) in [5, 5.41) is 7.32. The lowest BCUT2D eigenvalue weighted by molar-refractivity contribution is 0.102. The molecule has 0 unspecified atom stereocenters. The fourth-order valence-electron chi connectivity index (χ4n) is 3.67. The Morgan fingerprint density at radius 1 is 1.10 bits per heavy atom. The van der Waals surface area contributed by atoms with Crippen molar-refractivity contribution >= 4 is 28.7 Å². The number of rotatable bonds is 5. The predicted octanol–water partition coefficient (Wildman–Crippen LogP) is 4.42. The van der Waals surface area contributed by atoms with Crippen molar-refractivity contribution in [2.24, 2.45) is 0 Å². The third kappa shape index (κ3) is 5.02. The fourth-order valence-corrected chi connectivity index (χ4v) is 4.33. The average molecular weight is 407 g/mol. The van der Waals surface area contributed by atoms with Crippen LogP contribution < -0.4 is 10.2 Å². The van der Waals surface area contributed by atoms with Crippen LogP contribution >= 0.6 is 11.3 Å². The Kier molecular flexibility index (Phi) is 6.22. The molecule has 1 aliphatic rings. The summed E-state index contributed by atoms with van der Waals surface area (Å²) in [6, 6.07) is 13.7. The molecule has 0 radical (unpaired) electrons. The number of anilines is 2. The Balaban J connectivity index is 1.35. The lowest BCUT2D eigenvalue weighted by Gasteiger charge is -2.22. The second-order valence-electron chi connectivity index (χ2n) is 7.42. The van der Waals surface area contributed by atoms with Gasteiger partial charge in [-0.15, -0.1) is 0 Å². The molecule has 3 heterocycles. The van der Waals surface area contributed by atoms with Gasteiger partial charge in [-0.1, -0.05) is 18.2 Å². The van der Waals surface area contributed by atoms with Crippen LogP contribution in [-0.2, 0) is 6.54 Å². The summed E-state index contributed by atoms with van der Waals surface area (Å²) < 4.78 is 0. The Morgan fingerprint density at radius 2 is 2.00 bits per heavy atom. The van der Waals surface area contributed by atoms with Crippen molar-refractivity contribution in [1.82, 2.24) is 9.88 Å². The van der Waals surface area contributed by atoms with Gasteiger partial charge in [0.1, 0.15) is 5.82 Å². The van der Waals surface area contributed by atoms with Crippen molar-refractivity contribution in [3.8, 4) is 0 Å². The van der Waals surface area contributed by atoms with Crippen LogP contribution in [0.1, 0.15) is 27.9 Å². The van der Waals surface area contributed by atoms with Gasteiger partial charge in [-0.05, 0) is 59.5 Å². The van der Waals surface area contributed by atoms with Crippen LogP contribution in [0.25, 0.3) is 0 Å². The van der Waals surface area contributed by atoms with Crippen LogP contribution in [0.3, 0.4) is 0 Å². The normalized spacial score (nSPS) is 15.1. The molecule has 6 heteroatoms. The first-order valence-corrected chi connectivity index (χ1v) is 10.9. The number of thiophene rings is 1. The van der Waals surface area contributed by atoms with Crippen LogP contribution in [0.15, 0.2) is 59.4 Å². The van der Waals surface area contributed by atoms with E-state index in [1.165, 1.54) is 5.56 Å². The van der Waals surface area contributed by atoms with E-state index in [1.807, 2.05) is 43.3 Å². The van der Waals surface area contributed by atoms with Gasteiger partial charge in [0.25, 0.3) is 5.91 Å². The molecule has 1 N–H and O–H groups in total. The van der Waals surface area contributed by atoms with Crippen molar-refractivity contribution in [2.75, 3.05) is 36.4 Å². The van der Waals surface area contributed by atoms with E-state index >= 15 is 0 Å². The molecule has 1 fully saturated rings. The number of aromatic nitrogens is 1. The lowest BCUT2D eigenvalue weighted by atomic mass is 10.1. The van der Waals surface area contributed by atoms with Gasteiger partial charge in [0, 0.05) is 38.3 Å². The monoisotopic (exact) mass is 406 g/mol. The summed E-state index contributed by atoms with van der Waals surface area (Å²) >= 11 is 1.76. The maximum absolute atomic E-state index is 12.5. The zero-order valence-corrected chi connectivity index (χ0v) is 17.5. The molecule has 150 valence electrons. The summed E-state index contributed by atoms with van der Waals surface area (Å²) in [6.07, 6.45) is 2.87. The SMILES string of the molecule is Cc1ccccc1C(=O)Nc1ccc(N2CCCN(Cc3ccsc3)CC2)nc1. The van der Waals surface area contributed by atoms with Gasteiger partial charge >= 0.3 is 0 Å². The van der Waals surface area contributed by atoms with E-state index in [4.69, 9.17) is 0 Å². The number of nitrogens with zero attached hydrogens (tertiary/aromatic N) is 3. The zero-order valence-electron chi connectivity index (χ0n) is 16.7. The van der Waals surface area contributed by atoms with Crippen LogP contribution in [0, 0.1) is 6.92 Å². The van der Waals surface area contributed by atoms with E-state index in [0.717, 1.165) is 56.2 Å². The highest BCUT2D eigenvalue weighted by molar-refractivity contribution is 7.07. The van der Waals surface area contributed by atoms with Crippen molar-refractivity contribution in [3.05, 3.63) is 76.1 Å². The molecule has 0 spiro atoms. The highest BCUT2D eigenvalue weighted by atomic mass is 32.1. The van der Waals surface area contributed by atoms with E-state index in [1.54, 1.807) is 17.5 Å². The Labute approximate surface area is 176 Å². The van der Waals surface area contributed by atoms with E-state index in [2.05, 4.69) is 36.9 Å². The number of aryl methyl sites for hydroxylation is 1. The molecule has 1 saturated heterocycles. The molecular formula is C23H26N4OS. The molecule has 4 rings (SSSR count). The van der Waals surface area contributed by atoms with Gasteiger partial charge in [-0.3, -0.25) is 9.69 Å². The van der Waals surface area contributed by atoms with Crippen molar-refractivity contribution in [1.29, 1.82) is 0 Å². The summed E-state index contributed by atoms with van der Waals surface area (Å²) in [6.45, 7) is 7.07. The summed E-state index contributed by atoms with van der Waals surface area (Å²) in [5.74, 6) is 0.868. The molecule has 1 aliphatic heterocycles. The first-order valence-electron chi connectivity index (χ1n) is 10.0. The number of nitrogens with one attached hydrogen (secondary N) is 1. The van der Waals surface area contributed by atoms with E-state index in [-0.39, 0.29) is 5.91 Å². The maximum Gasteiger partial charge on any atom is 0.255 e. The van der Waals surface area contributed by atoms with E-state index < -0.39 is 0 Å². The molecular weight excluding hydrogens is 380 g/mol. The lowest BCUT2D eigenvalue weighted by Crippen LogP contribution is -2.30. The summed E-state index contributed by atoms with van der Waals surface area (Å²) in [5.41, 5.74) is 3.77. The molecule has 1 amide bonds. The van der Waals surface area contributed by atoms with Crippen LogP contribution in [0.5, 0.6) is 0 Å². The van der Waals surface area contributed by atoms with Crippen molar-refractivity contribution in [2.45, 2.75) is 19.9 Å². The Morgan fingerprint density at radius 3 is 2.76 bits per heavy atom. The molecule has 0 atom stereocenters. The van der Waals surface area contributed by atoms with Crippen LogP contribution in [0.2, 0.25) is 0 Å². The third-order valence-electron chi connectivity index (χ3n) is 5.29. The highest BCUT2D eigenvalue weighted by Crippen LogP contribution is 2.19. The largest absolute Gasteiger partial charge is 0.355 e. The number of hydrogen-bond acceptors (Lipinski definition) is 5.